The molecule has 6 nitrogen and oxygen atoms in total. The number of amides is 3. The van der Waals surface area contributed by atoms with Crippen LogP contribution in [0.25, 0.3) is 0 Å². The Morgan fingerprint density at radius 2 is 2.00 bits per heavy atom. The second-order valence-corrected chi connectivity index (χ2v) is 8.42. The molecule has 0 unspecified atom stereocenters. The van der Waals surface area contributed by atoms with Gasteiger partial charge in [-0.2, -0.15) is 0 Å². The summed E-state index contributed by atoms with van der Waals surface area (Å²) in [6, 6.07) is 5.56. The molecule has 7 heteroatoms. The van der Waals surface area contributed by atoms with Crippen LogP contribution in [0.1, 0.15) is 65.1 Å². The summed E-state index contributed by atoms with van der Waals surface area (Å²) in [6.45, 7) is 0. The van der Waals surface area contributed by atoms with Crippen LogP contribution in [0, 0.1) is 0 Å². The molecule has 0 bridgehead atoms. The van der Waals surface area contributed by atoms with Crippen molar-refractivity contribution in [2.45, 2.75) is 50.9 Å². The first-order chi connectivity index (χ1) is 13.5. The zero-order valence-corrected chi connectivity index (χ0v) is 16.4. The minimum atomic E-state index is -0.489. The van der Waals surface area contributed by atoms with Crippen molar-refractivity contribution in [1.29, 1.82) is 0 Å². The maximum atomic E-state index is 12.6. The van der Waals surface area contributed by atoms with Crippen molar-refractivity contribution in [2.75, 3.05) is 10.6 Å². The van der Waals surface area contributed by atoms with Crippen LogP contribution in [0.4, 0.5) is 10.7 Å². The van der Waals surface area contributed by atoms with Crippen LogP contribution in [0.3, 0.4) is 0 Å². The van der Waals surface area contributed by atoms with E-state index in [0.717, 1.165) is 48.1 Å². The van der Waals surface area contributed by atoms with Gasteiger partial charge in [-0.3, -0.25) is 14.4 Å². The molecule has 0 atom stereocenters. The molecule has 0 saturated heterocycles. The van der Waals surface area contributed by atoms with Gasteiger partial charge in [-0.1, -0.05) is 31.4 Å². The zero-order chi connectivity index (χ0) is 19.7. The number of hydrogen-bond acceptors (Lipinski definition) is 4. The second-order valence-electron chi connectivity index (χ2n) is 7.54. The van der Waals surface area contributed by atoms with E-state index in [-0.39, 0.29) is 18.2 Å². The van der Waals surface area contributed by atoms with Gasteiger partial charge >= 0.3 is 0 Å². The molecule has 2 aromatic rings. The van der Waals surface area contributed by atoms with Gasteiger partial charge in [0.05, 0.1) is 18.4 Å². The Morgan fingerprint density at radius 1 is 1.21 bits per heavy atom. The third kappa shape index (κ3) is 3.80. The highest BCUT2D eigenvalue weighted by Gasteiger charge is 2.25. The van der Waals surface area contributed by atoms with Crippen LogP contribution in [0.2, 0.25) is 0 Å². The molecule has 3 amide bonds. The molecule has 146 valence electrons. The summed E-state index contributed by atoms with van der Waals surface area (Å²) in [4.78, 5) is 36.1. The number of benzene rings is 1. The fourth-order valence-electron chi connectivity index (χ4n) is 4.16. The first kappa shape index (κ1) is 18.7. The minimum Gasteiger partial charge on any atom is -0.365 e. The first-order valence-corrected chi connectivity index (χ1v) is 10.5. The third-order valence-electron chi connectivity index (χ3n) is 5.53. The smallest absolute Gasteiger partial charge is 0.251 e. The van der Waals surface area contributed by atoms with E-state index in [9.17, 15) is 14.4 Å². The average molecular weight is 398 g/mol. The topological polar surface area (TPSA) is 101 Å². The Morgan fingerprint density at radius 3 is 2.75 bits per heavy atom. The minimum absolute atomic E-state index is 0.0310. The van der Waals surface area contributed by atoms with Gasteiger partial charge in [0.2, 0.25) is 11.8 Å². The molecule has 1 fully saturated rings. The monoisotopic (exact) mass is 397 g/mol. The third-order valence-corrected chi connectivity index (χ3v) is 6.44. The van der Waals surface area contributed by atoms with Gasteiger partial charge in [-0.15, -0.1) is 11.3 Å². The maximum Gasteiger partial charge on any atom is 0.251 e. The highest BCUT2D eigenvalue weighted by atomic mass is 32.1. The molecular weight excluding hydrogens is 374 g/mol. The van der Waals surface area contributed by atoms with Gasteiger partial charge < -0.3 is 16.4 Å². The summed E-state index contributed by atoms with van der Waals surface area (Å²) in [5, 5.41) is 8.17. The van der Waals surface area contributed by atoms with Crippen LogP contribution in [0.15, 0.2) is 23.6 Å². The van der Waals surface area contributed by atoms with Crippen molar-refractivity contribution in [2.24, 2.45) is 5.73 Å². The van der Waals surface area contributed by atoms with Crippen molar-refractivity contribution in [3.05, 3.63) is 45.8 Å². The lowest BCUT2D eigenvalue weighted by Gasteiger charge is -2.21. The summed E-state index contributed by atoms with van der Waals surface area (Å²) in [7, 11) is 0. The van der Waals surface area contributed by atoms with Crippen molar-refractivity contribution < 1.29 is 14.4 Å². The number of nitrogens with one attached hydrogen (secondary N) is 2. The number of fused-ring (bicyclic) bond motifs is 1. The Bertz CT molecular complexity index is 944. The predicted molar refractivity (Wildman–Crippen MR) is 110 cm³/mol. The van der Waals surface area contributed by atoms with Gasteiger partial charge in [0.15, 0.2) is 0 Å². The molecule has 1 aliphatic heterocycles. The number of rotatable bonds is 5. The number of carbonyl (C=O) groups excluding carboxylic acids is 3. The molecular formula is C21H23N3O3S. The highest BCUT2D eigenvalue weighted by molar-refractivity contribution is 7.15. The van der Waals surface area contributed by atoms with Crippen molar-refractivity contribution in [3.8, 4) is 0 Å². The summed E-state index contributed by atoms with van der Waals surface area (Å²) in [5.74, 6) is -0.379. The van der Waals surface area contributed by atoms with Gasteiger partial charge in [0, 0.05) is 5.69 Å². The van der Waals surface area contributed by atoms with Crippen molar-refractivity contribution >= 4 is 39.7 Å². The molecule has 2 heterocycles. The van der Waals surface area contributed by atoms with Crippen molar-refractivity contribution in [3.63, 3.8) is 0 Å². The number of primary amides is 1. The van der Waals surface area contributed by atoms with E-state index >= 15 is 0 Å². The summed E-state index contributed by atoms with van der Waals surface area (Å²) in [5.41, 5.74) is 9.61. The highest BCUT2D eigenvalue weighted by Crippen LogP contribution is 2.40. The maximum absolute atomic E-state index is 12.6. The normalized spacial score (nSPS) is 16.5. The molecule has 2 aliphatic rings. The van der Waals surface area contributed by atoms with E-state index in [1.165, 1.54) is 17.8 Å². The lowest BCUT2D eigenvalue weighted by atomic mass is 9.83. The first-order valence-electron chi connectivity index (χ1n) is 9.64. The molecule has 1 aromatic carbocycles. The predicted octanol–water partition coefficient (Wildman–Crippen LogP) is 3.57. The molecule has 0 radical (unpaired) electrons. The molecule has 4 N–H and O–H groups in total. The molecule has 1 aliphatic carbocycles. The van der Waals surface area contributed by atoms with E-state index < -0.39 is 5.91 Å². The molecule has 1 aromatic heterocycles. The molecule has 28 heavy (non-hydrogen) atoms. The fraction of sp³-hybridized carbons (Fsp3) is 0.381. The number of thiophene rings is 1. The molecule has 4 rings (SSSR count). The average Bonchev–Trinajstić information content (AvgIpc) is 3.24. The molecule has 1 saturated carbocycles. The van der Waals surface area contributed by atoms with Gasteiger partial charge in [-0.05, 0) is 46.9 Å². The number of anilines is 2. The number of carbonyl (C=O) groups is 3. The number of nitrogens with two attached hydrogens (primary N) is 1. The lowest BCUT2D eigenvalue weighted by molar-refractivity contribution is -0.116. The van der Waals surface area contributed by atoms with Gasteiger partial charge in [0.1, 0.15) is 5.00 Å². The van der Waals surface area contributed by atoms with E-state index in [1.807, 2.05) is 23.6 Å². The van der Waals surface area contributed by atoms with E-state index in [4.69, 9.17) is 5.73 Å². The van der Waals surface area contributed by atoms with Crippen molar-refractivity contribution in [1.82, 2.24) is 0 Å². The van der Waals surface area contributed by atoms with Crippen LogP contribution >= 0.6 is 11.3 Å². The summed E-state index contributed by atoms with van der Waals surface area (Å²) >= 11 is 1.37. The van der Waals surface area contributed by atoms with Gasteiger partial charge in [0.25, 0.3) is 5.91 Å². The standard InChI is InChI=1S/C21H23N3O3S/c22-20(27)19-15(13-4-2-1-3-5-13)11-28-21(19)24-17(25)9-12-6-7-14-10-18(26)23-16(14)8-12/h6-8,11,13H,1-5,9-10H2,(H2,22,27)(H,23,26)(H,24,25). The van der Waals surface area contributed by atoms with Crippen LogP contribution in [0.5, 0.6) is 0 Å². The van der Waals surface area contributed by atoms with E-state index in [1.54, 1.807) is 0 Å². The van der Waals surface area contributed by atoms with Crippen LogP contribution in [-0.4, -0.2) is 17.7 Å². The quantitative estimate of drug-likeness (QED) is 0.719. The van der Waals surface area contributed by atoms with E-state index in [2.05, 4.69) is 10.6 Å². The Hall–Kier alpha value is -2.67. The zero-order valence-electron chi connectivity index (χ0n) is 15.5. The van der Waals surface area contributed by atoms with Crippen LogP contribution < -0.4 is 16.4 Å². The van der Waals surface area contributed by atoms with E-state index in [0.29, 0.717) is 22.9 Å². The summed E-state index contributed by atoms with van der Waals surface area (Å²) < 4.78 is 0. The Kier molecular flexibility index (Phi) is 5.17. The second kappa shape index (κ2) is 7.75. The van der Waals surface area contributed by atoms with Gasteiger partial charge in [-0.25, -0.2) is 0 Å². The Labute approximate surface area is 167 Å². The van der Waals surface area contributed by atoms with Crippen LogP contribution in [-0.2, 0) is 22.4 Å². The molecule has 0 spiro atoms. The Balaban J connectivity index is 1.49. The lowest BCUT2D eigenvalue weighted by Crippen LogP contribution is -2.20. The summed E-state index contributed by atoms with van der Waals surface area (Å²) in [6.07, 6.45) is 6.22. The number of hydrogen-bond donors (Lipinski definition) is 3. The largest absolute Gasteiger partial charge is 0.365 e. The SMILES string of the molecule is NC(=O)c1c(C2CCCCC2)csc1NC(=O)Cc1ccc2c(c1)NC(=O)C2. The fourth-order valence-corrected chi connectivity index (χ4v) is 5.22.